The highest BCUT2D eigenvalue weighted by Gasteiger charge is 2.21. The van der Waals surface area contributed by atoms with Crippen LogP contribution in [0.25, 0.3) is 16.8 Å². The van der Waals surface area contributed by atoms with E-state index in [0.717, 1.165) is 61.4 Å². The summed E-state index contributed by atoms with van der Waals surface area (Å²) in [6.07, 6.45) is 8.45. The van der Waals surface area contributed by atoms with Crippen LogP contribution in [0, 0.1) is 0 Å². The lowest BCUT2D eigenvalue weighted by Crippen LogP contribution is -2.43. The first kappa shape index (κ1) is 24.1. The third-order valence-corrected chi connectivity index (χ3v) is 6.66. The van der Waals surface area contributed by atoms with Gasteiger partial charge in [0.2, 0.25) is 0 Å². The van der Waals surface area contributed by atoms with Gasteiger partial charge in [0.05, 0.1) is 35.7 Å². The number of rotatable bonds is 7. The SMILES string of the molecule is CCCNC1CCN(c2ccccc2NC(=O)Nc2cnc3c(-c4cccc(Cl)c4)cnn3c2)CC1. The van der Waals surface area contributed by atoms with Crippen molar-refractivity contribution in [2.75, 3.05) is 35.2 Å². The smallest absolute Gasteiger partial charge is 0.323 e. The van der Waals surface area contributed by atoms with E-state index in [1.807, 2.05) is 42.5 Å². The second-order valence-corrected chi connectivity index (χ2v) is 9.43. The molecule has 0 spiro atoms. The number of hydrogen-bond donors (Lipinski definition) is 3. The van der Waals surface area contributed by atoms with Crippen LogP contribution in [0.15, 0.2) is 67.1 Å². The van der Waals surface area contributed by atoms with Crippen molar-refractivity contribution >= 4 is 40.3 Å². The molecule has 2 amide bonds. The molecule has 2 aromatic carbocycles. The summed E-state index contributed by atoms with van der Waals surface area (Å²) >= 11 is 6.14. The zero-order chi connectivity index (χ0) is 24.9. The molecule has 5 rings (SSSR count). The number of aromatic nitrogens is 3. The highest BCUT2D eigenvalue weighted by atomic mass is 35.5. The molecule has 1 fully saturated rings. The van der Waals surface area contributed by atoms with E-state index in [4.69, 9.17) is 11.6 Å². The molecule has 0 radical (unpaired) electrons. The molecule has 3 heterocycles. The van der Waals surface area contributed by atoms with E-state index in [0.29, 0.717) is 22.4 Å². The van der Waals surface area contributed by atoms with Crippen LogP contribution in [-0.2, 0) is 0 Å². The van der Waals surface area contributed by atoms with Gasteiger partial charge in [-0.25, -0.2) is 14.3 Å². The molecule has 9 heteroatoms. The quantitative estimate of drug-likeness (QED) is 0.303. The van der Waals surface area contributed by atoms with Crippen LogP contribution in [0.4, 0.5) is 21.9 Å². The molecule has 36 heavy (non-hydrogen) atoms. The number of nitrogens with zero attached hydrogens (tertiary/aromatic N) is 4. The van der Waals surface area contributed by atoms with E-state index in [1.54, 1.807) is 23.1 Å². The van der Waals surface area contributed by atoms with Crippen molar-refractivity contribution in [2.24, 2.45) is 0 Å². The van der Waals surface area contributed by atoms with Crippen LogP contribution in [0.5, 0.6) is 0 Å². The summed E-state index contributed by atoms with van der Waals surface area (Å²) < 4.78 is 1.65. The number of urea groups is 1. The van der Waals surface area contributed by atoms with Gasteiger partial charge in [-0.15, -0.1) is 0 Å². The minimum absolute atomic E-state index is 0.328. The Kier molecular flexibility index (Phi) is 7.34. The van der Waals surface area contributed by atoms with Crippen molar-refractivity contribution in [1.29, 1.82) is 0 Å². The predicted octanol–water partition coefficient (Wildman–Crippen LogP) is 5.66. The van der Waals surface area contributed by atoms with Gasteiger partial charge in [0, 0.05) is 29.7 Å². The third-order valence-electron chi connectivity index (χ3n) is 6.42. The number of carbonyl (C=O) groups excluding carboxylic acids is 1. The van der Waals surface area contributed by atoms with Crippen molar-refractivity contribution in [3.05, 3.63) is 72.1 Å². The van der Waals surface area contributed by atoms with Crippen LogP contribution in [0.2, 0.25) is 5.02 Å². The average molecular weight is 504 g/mol. The maximum atomic E-state index is 12.9. The number of hydrogen-bond acceptors (Lipinski definition) is 5. The van der Waals surface area contributed by atoms with E-state index in [1.165, 1.54) is 0 Å². The number of halogens is 1. The van der Waals surface area contributed by atoms with Gasteiger partial charge < -0.3 is 20.9 Å². The number of piperidine rings is 1. The first-order valence-electron chi connectivity index (χ1n) is 12.4. The van der Waals surface area contributed by atoms with Gasteiger partial charge in [-0.3, -0.25) is 0 Å². The summed E-state index contributed by atoms with van der Waals surface area (Å²) in [5.41, 5.74) is 4.85. The second kappa shape index (κ2) is 11.0. The Balaban J connectivity index is 1.25. The molecule has 2 aromatic heterocycles. The molecule has 1 saturated heterocycles. The van der Waals surface area contributed by atoms with Crippen molar-refractivity contribution in [3.8, 4) is 11.1 Å². The predicted molar refractivity (Wildman–Crippen MR) is 146 cm³/mol. The molecular formula is C27H30ClN7O. The maximum absolute atomic E-state index is 12.9. The Bertz CT molecular complexity index is 1350. The van der Waals surface area contributed by atoms with E-state index >= 15 is 0 Å². The Labute approximate surface area is 215 Å². The molecular weight excluding hydrogens is 474 g/mol. The number of benzene rings is 2. The van der Waals surface area contributed by atoms with Crippen molar-refractivity contribution < 1.29 is 4.79 Å². The topological polar surface area (TPSA) is 86.6 Å². The number of amides is 2. The normalized spacial score (nSPS) is 14.2. The van der Waals surface area contributed by atoms with E-state index in [-0.39, 0.29) is 6.03 Å². The molecule has 0 atom stereocenters. The number of anilines is 3. The van der Waals surface area contributed by atoms with Gasteiger partial charge >= 0.3 is 6.03 Å². The molecule has 0 aliphatic carbocycles. The van der Waals surface area contributed by atoms with Gasteiger partial charge in [-0.1, -0.05) is 42.8 Å². The van der Waals surface area contributed by atoms with Crippen LogP contribution in [0.3, 0.4) is 0 Å². The third kappa shape index (κ3) is 5.45. The van der Waals surface area contributed by atoms with Crippen molar-refractivity contribution in [3.63, 3.8) is 0 Å². The van der Waals surface area contributed by atoms with Crippen LogP contribution >= 0.6 is 11.6 Å². The Hall–Kier alpha value is -3.62. The maximum Gasteiger partial charge on any atom is 0.323 e. The lowest BCUT2D eigenvalue weighted by atomic mass is 10.0. The fourth-order valence-electron chi connectivity index (χ4n) is 4.61. The molecule has 1 aliphatic heterocycles. The van der Waals surface area contributed by atoms with Crippen LogP contribution < -0.4 is 20.9 Å². The first-order valence-corrected chi connectivity index (χ1v) is 12.7. The monoisotopic (exact) mass is 503 g/mol. The minimum atomic E-state index is -0.328. The summed E-state index contributed by atoms with van der Waals surface area (Å²) in [7, 11) is 0. The lowest BCUT2D eigenvalue weighted by molar-refractivity contribution is 0.262. The average Bonchev–Trinajstić information content (AvgIpc) is 3.31. The Morgan fingerprint density at radius 1 is 1.08 bits per heavy atom. The highest BCUT2D eigenvalue weighted by molar-refractivity contribution is 6.30. The van der Waals surface area contributed by atoms with Gasteiger partial charge in [-0.05, 0) is 55.6 Å². The second-order valence-electron chi connectivity index (χ2n) is 8.99. The summed E-state index contributed by atoms with van der Waals surface area (Å²) in [6.45, 7) is 5.16. The lowest BCUT2D eigenvalue weighted by Gasteiger charge is -2.35. The summed E-state index contributed by atoms with van der Waals surface area (Å²) in [5, 5.41) is 14.6. The fraction of sp³-hybridized carbons (Fsp3) is 0.296. The molecule has 4 aromatic rings. The van der Waals surface area contributed by atoms with Gasteiger partial charge in [-0.2, -0.15) is 5.10 Å². The zero-order valence-electron chi connectivity index (χ0n) is 20.2. The van der Waals surface area contributed by atoms with Gasteiger partial charge in [0.1, 0.15) is 0 Å². The molecule has 0 saturated carbocycles. The number of para-hydroxylation sites is 2. The summed E-state index contributed by atoms with van der Waals surface area (Å²) in [6, 6.07) is 15.7. The number of nitrogens with one attached hydrogen (secondary N) is 3. The van der Waals surface area contributed by atoms with E-state index in [2.05, 4.69) is 43.9 Å². The molecule has 0 unspecified atom stereocenters. The zero-order valence-corrected chi connectivity index (χ0v) is 21.0. The molecule has 0 bridgehead atoms. The van der Waals surface area contributed by atoms with Crippen molar-refractivity contribution in [1.82, 2.24) is 19.9 Å². The summed E-state index contributed by atoms with van der Waals surface area (Å²) in [5.74, 6) is 0. The van der Waals surface area contributed by atoms with E-state index < -0.39 is 0 Å². The number of carbonyl (C=O) groups is 1. The highest BCUT2D eigenvalue weighted by Crippen LogP contribution is 2.29. The largest absolute Gasteiger partial charge is 0.370 e. The summed E-state index contributed by atoms with van der Waals surface area (Å²) in [4.78, 5) is 19.7. The van der Waals surface area contributed by atoms with Crippen LogP contribution in [-0.4, -0.2) is 46.3 Å². The fourth-order valence-corrected chi connectivity index (χ4v) is 4.80. The molecule has 186 valence electrons. The Morgan fingerprint density at radius 2 is 1.92 bits per heavy atom. The first-order chi connectivity index (χ1) is 17.6. The van der Waals surface area contributed by atoms with Gasteiger partial charge in [0.15, 0.2) is 5.65 Å². The van der Waals surface area contributed by atoms with Crippen LogP contribution in [0.1, 0.15) is 26.2 Å². The molecule has 1 aliphatic rings. The number of fused-ring (bicyclic) bond motifs is 1. The van der Waals surface area contributed by atoms with E-state index in [9.17, 15) is 4.79 Å². The molecule has 8 nitrogen and oxygen atoms in total. The van der Waals surface area contributed by atoms with Gasteiger partial charge in [0.25, 0.3) is 0 Å². The minimum Gasteiger partial charge on any atom is -0.370 e. The van der Waals surface area contributed by atoms with Crippen molar-refractivity contribution in [2.45, 2.75) is 32.2 Å². The molecule has 3 N–H and O–H groups in total. The standard InChI is InChI=1S/C27H30ClN7O/c1-2-12-29-21-10-13-34(14-11-21)25-9-4-3-8-24(25)33-27(36)32-22-16-30-26-23(17-31-35(26)18-22)19-6-5-7-20(28)15-19/h3-9,15-18,21,29H,2,10-14H2,1H3,(H2,32,33,36). The Morgan fingerprint density at radius 3 is 2.72 bits per heavy atom.